The van der Waals surface area contributed by atoms with Gasteiger partial charge in [-0.25, -0.2) is 9.78 Å². The van der Waals surface area contributed by atoms with Crippen molar-refractivity contribution in [3.05, 3.63) is 59.1 Å². The number of carbonyl (C=O) groups is 2. The summed E-state index contributed by atoms with van der Waals surface area (Å²) in [5.74, 6) is -2.43. The van der Waals surface area contributed by atoms with Crippen LogP contribution in [0.2, 0.25) is 0 Å². The Labute approximate surface area is 171 Å². The maximum atomic E-state index is 14.2. The lowest BCUT2D eigenvalue weighted by Crippen LogP contribution is -2.51. The van der Waals surface area contributed by atoms with Gasteiger partial charge in [0.25, 0.3) is 0 Å². The van der Waals surface area contributed by atoms with Gasteiger partial charge in [-0.2, -0.15) is 27.2 Å². The van der Waals surface area contributed by atoms with Gasteiger partial charge in [-0.3, -0.25) is 15.1 Å². The topological polar surface area (TPSA) is 101 Å². The number of alkyl halides is 3. The number of rotatable bonds is 3. The fourth-order valence-corrected chi connectivity index (χ4v) is 3.86. The zero-order chi connectivity index (χ0) is 21.9. The molecule has 1 aliphatic heterocycles. The van der Waals surface area contributed by atoms with E-state index in [1.807, 2.05) is 0 Å². The quantitative estimate of drug-likeness (QED) is 0.617. The summed E-state index contributed by atoms with van der Waals surface area (Å²) in [4.78, 5) is 31.6. The Hall–Kier alpha value is -3.57. The maximum Gasteiger partial charge on any atom is 0.417 e. The first kappa shape index (κ1) is 19.4. The molecule has 2 aliphatic rings. The van der Waals surface area contributed by atoms with E-state index in [2.05, 4.69) is 25.7 Å². The Bertz CT molecular complexity index is 1210. The van der Waals surface area contributed by atoms with Crippen molar-refractivity contribution < 1.29 is 27.2 Å². The molecule has 160 valence electrons. The highest BCUT2D eigenvalue weighted by Crippen LogP contribution is 2.55. The van der Waals surface area contributed by atoms with Crippen LogP contribution in [0.15, 0.2) is 30.6 Å². The number of fused-ring (bicyclic) bond motifs is 1. The number of hydrogen-bond donors (Lipinski definition) is 2. The average Bonchev–Trinajstić information content (AvgIpc) is 3.43. The number of nitrogens with zero attached hydrogens (tertiary/aromatic N) is 4. The number of imide groups is 1. The van der Waals surface area contributed by atoms with Gasteiger partial charge >= 0.3 is 12.2 Å². The fraction of sp³-hybridized carbons (Fsp3) is 0.316. The number of imidazole rings is 1. The lowest BCUT2D eigenvalue weighted by Gasteiger charge is -2.22. The number of amides is 3. The largest absolute Gasteiger partial charge is 0.417 e. The number of urea groups is 1. The van der Waals surface area contributed by atoms with Crippen LogP contribution in [0, 0.1) is 5.95 Å². The zero-order valence-corrected chi connectivity index (χ0v) is 15.7. The first-order valence-corrected chi connectivity index (χ1v) is 9.38. The fourth-order valence-electron chi connectivity index (χ4n) is 3.86. The van der Waals surface area contributed by atoms with Crippen LogP contribution in [0.25, 0.3) is 5.65 Å². The van der Waals surface area contributed by atoms with Crippen molar-refractivity contribution >= 4 is 17.6 Å². The van der Waals surface area contributed by atoms with Crippen molar-refractivity contribution in [2.45, 2.75) is 30.4 Å². The molecule has 2 fully saturated rings. The molecule has 2 N–H and O–H groups in total. The molecular formula is C19H14F4N6O2. The Morgan fingerprint density at radius 2 is 1.87 bits per heavy atom. The SMILES string of the molecule is O=C1NCC(c2cc([C@H]3C[C@@H]3c3ccc(C(F)(F)F)cn3)c3ncc(F)n3n2)C(=O)N1. The Morgan fingerprint density at radius 3 is 2.55 bits per heavy atom. The van der Waals surface area contributed by atoms with E-state index in [0.29, 0.717) is 17.7 Å². The van der Waals surface area contributed by atoms with Crippen LogP contribution in [0.5, 0.6) is 0 Å². The van der Waals surface area contributed by atoms with Gasteiger partial charge in [0.05, 0.1) is 23.4 Å². The minimum Gasteiger partial charge on any atom is -0.337 e. The van der Waals surface area contributed by atoms with Crippen LogP contribution < -0.4 is 10.6 Å². The van der Waals surface area contributed by atoms with E-state index in [-0.39, 0.29) is 29.7 Å². The molecule has 0 aromatic carbocycles. The van der Waals surface area contributed by atoms with E-state index in [0.717, 1.165) is 23.0 Å². The predicted octanol–water partition coefficient (Wildman–Crippen LogP) is 2.48. The number of halogens is 4. The van der Waals surface area contributed by atoms with Gasteiger partial charge in [-0.1, -0.05) is 0 Å². The summed E-state index contributed by atoms with van der Waals surface area (Å²) >= 11 is 0. The normalized spacial score (nSPS) is 23.5. The third-order valence-corrected chi connectivity index (χ3v) is 5.53. The molecule has 1 aliphatic carbocycles. The number of nitrogens with one attached hydrogen (secondary N) is 2. The Balaban J connectivity index is 1.49. The van der Waals surface area contributed by atoms with Gasteiger partial charge in [0.2, 0.25) is 11.9 Å². The van der Waals surface area contributed by atoms with Crippen molar-refractivity contribution in [3.63, 3.8) is 0 Å². The third kappa shape index (κ3) is 3.37. The van der Waals surface area contributed by atoms with Crippen LogP contribution in [0.3, 0.4) is 0 Å². The maximum absolute atomic E-state index is 14.2. The molecule has 0 radical (unpaired) electrons. The van der Waals surface area contributed by atoms with Gasteiger partial charge in [0.15, 0.2) is 5.65 Å². The first-order valence-electron chi connectivity index (χ1n) is 9.38. The summed E-state index contributed by atoms with van der Waals surface area (Å²) in [5, 5.41) is 8.82. The van der Waals surface area contributed by atoms with E-state index in [9.17, 15) is 27.2 Å². The van der Waals surface area contributed by atoms with Crippen LogP contribution in [0.1, 0.15) is 46.7 Å². The Morgan fingerprint density at radius 1 is 1.06 bits per heavy atom. The third-order valence-electron chi connectivity index (χ3n) is 5.53. The lowest BCUT2D eigenvalue weighted by molar-refractivity contribution is -0.137. The van der Waals surface area contributed by atoms with Gasteiger partial charge in [0.1, 0.15) is 0 Å². The molecule has 3 aromatic rings. The average molecular weight is 434 g/mol. The van der Waals surface area contributed by atoms with Gasteiger partial charge in [0, 0.05) is 29.9 Å². The van der Waals surface area contributed by atoms with Gasteiger partial charge in [-0.05, 0) is 30.5 Å². The Kier molecular flexibility index (Phi) is 4.21. The zero-order valence-electron chi connectivity index (χ0n) is 15.7. The minimum atomic E-state index is -4.47. The van der Waals surface area contributed by atoms with E-state index < -0.39 is 35.5 Å². The van der Waals surface area contributed by atoms with Crippen molar-refractivity contribution in [1.82, 2.24) is 30.2 Å². The van der Waals surface area contributed by atoms with Crippen LogP contribution in [-0.2, 0) is 11.0 Å². The molecule has 5 rings (SSSR count). The first-order chi connectivity index (χ1) is 14.7. The summed E-state index contributed by atoms with van der Waals surface area (Å²) in [5.41, 5.74) is 0.793. The molecule has 1 saturated heterocycles. The van der Waals surface area contributed by atoms with Gasteiger partial charge in [-0.15, -0.1) is 0 Å². The summed E-state index contributed by atoms with van der Waals surface area (Å²) < 4.78 is 53.6. The molecule has 0 spiro atoms. The van der Waals surface area contributed by atoms with Crippen molar-refractivity contribution in [2.75, 3.05) is 6.54 Å². The molecule has 1 unspecified atom stereocenters. The van der Waals surface area contributed by atoms with E-state index >= 15 is 0 Å². The standard InChI is InChI=1S/C19H14F4N6O2/c20-15-7-25-16-11(4-14(28-29(15)16)12-6-26-18(31)27-17(12)30)9-3-10(9)13-2-1-8(5-24-13)19(21,22)23/h1-2,4-5,7,9-10,12H,3,6H2,(H2,26,27,30,31)/t9-,10-,12?/m0/s1. The summed E-state index contributed by atoms with van der Waals surface area (Å²) in [6, 6.07) is 3.34. The molecule has 3 amide bonds. The molecule has 3 aromatic heterocycles. The second-order valence-corrected chi connectivity index (χ2v) is 7.51. The second-order valence-electron chi connectivity index (χ2n) is 7.51. The summed E-state index contributed by atoms with van der Waals surface area (Å²) in [6.07, 6.45) is -2.09. The number of hydrogen-bond acceptors (Lipinski definition) is 5. The van der Waals surface area contributed by atoms with Crippen molar-refractivity contribution in [2.24, 2.45) is 0 Å². The smallest absolute Gasteiger partial charge is 0.337 e. The summed E-state index contributed by atoms with van der Waals surface area (Å²) in [6.45, 7) is 0.00743. The molecule has 3 atom stereocenters. The van der Waals surface area contributed by atoms with Crippen LogP contribution >= 0.6 is 0 Å². The minimum absolute atomic E-state index is 0.00743. The molecule has 4 heterocycles. The highest BCUT2D eigenvalue weighted by atomic mass is 19.4. The van der Waals surface area contributed by atoms with Crippen LogP contribution in [0.4, 0.5) is 22.4 Å². The lowest BCUT2D eigenvalue weighted by atomic mass is 9.99. The molecule has 31 heavy (non-hydrogen) atoms. The molecular weight excluding hydrogens is 420 g/mol. The van der Waals surface area contributed by atoms with Crippen LogP contribution in [-0.4, -0.2) is 38.1 Å². The predicted molar refractivity (Wildman–Crippen MR) is 96.6 cm³/mol. The van der Waals surface area contributed by atoms with E-state index in [1.165, 1.54) is 6.07 Å². The van der Waals surface area contributed by atoms with E-state index in [1.54, 1.807) is 6.07 Å². The molecule has 0 bridgehead atoms. The second kappa shape index (κ2) is 6.72. The highest BCUT2D eigenvalue weighted by molar-refractivity contribution is 6.00. The highest BCUT2D eigenvalue weighted by Gasteiger charge is 2.43. The number of pyridine rings is 1. The van der Waals surface area contributed by atoms with E-state index in [4.69, 9.17) is 0 Å². The van der Waals surface area contributed by atoms with Crippen molar-refractivity contribution in [1.29, 1.82) is 0 Å². The van der Waals surface area contributed by atoms with Crippen molar-refractivity contribution in [3.8, 4) is 0 Å². The molecule has 1 saturated carbocycles. The van der Waals surface area contributed by atoms with Gasteiger partial charge < -0.3 is 5.32 Å². The monoisotopic (exact) mass is 434 g/mol. The summed E-state index contributed by atoms with van der Waals surface area (Å²) in [7, 11) is 0. The molecule has 12 heteroatoms. The number of aromatic nitrogens is 4. The molecule has 8 nitrogen and oxygen atoms in total. The number of carbonyl (C=O) groups excluding carboxylic acids is 2.